The lowest BCUT2D eigenvalue weighted by Crippen LogP contribution is -2.03. The molecule has 2 nitrogen and oxygen atoms in total. The van der Waals surface area contributed by atoms with Crippen molar-refractivity contribution in [3.05, 3.63) is 32.2 Å². The number of carbonyl (C=O) groups is 1. The summed E-state index contributed by atoms with van der Waals surface area (Å²) in [6.07, 6.45) is 0. The molecule has 1 aromatic carbocycles. The normalized spacial score (nSPS) is 9.85. The summed E-state index contributed by atoms with van der Waals surface area (Å²) in [6.45, 7) is 0. The van der Waals surface area contributed by atoms with E-state index >= 15 is 0 Å². The monoisotopic (exact) mass is 282 g/mol. The Hall–Kier alpha value is -0.250. The molecule has 0 saturated carbocycles. The van der Waals surface area contributed by atoms with Gasteiger partial charge < -0.3 is 4.74 Å². The molecule has 70 valence electrons. The van der Waals surface area contributed by atoms with Gasteiger partial charge in [-0.15, -0.1) is 0 Å². The highest BCUT2D eigenvalue weighted by atomic mass is 79.9. The summed E-state index contributed by atoms with van der Waals surface area (Å²) in [6, 6.07) is 3.24. The van der Waals surface area contributed by atoms with Crippen LogP contribution < -0.4 is 0 Å². The molecule has 5 heteroatoms. The topological polar surface area (TPSA) is 26.3 Å². The van der Waals surface area contributed by atoms with Crippen molar-refractivity contribution in [2.24, 2.45) is 0 Å². The van der Waals surface area contributed by atoms with Crippen LogP contribution in [0.3, 0.4) is 0 Å². The van der Waals surface area contributed by atoms with E-state index in [1.165, 1.54) is 7.11 Å². The van der Waals surface area contributed by atoms with Crippen LogP contribution in [-0.4, -0.2) is 13.1 Å². The van der Waals surface area contributed by atoms with Crippen molar-refractivity contribution in [3.63, 3.8) is 0 Å². The third-order valence-electron chi connectivity index (χ3n) is 1.43. The highest BCUT2D eigenvalue weighted by Gasteiger charge is 2.16. The average Bonchev–Trinajstić information content (AvgIpc) is 2.12. The van der Waals surface area contributed by atoms with Crippen LogP contribution in [0.4, 0.5) is 0 Å². The molecule has 0 N–H and O–H groups in total. The highest BCUT2D eigenvalue weighted by Crippen LogP contribution is 2.31. The SMILES string of the molecule is COC(=O)c1c(Br)ccc(Cl)c1Cl. The molecule has 0 bridgehead atoms. The number of halogens is 3. The van der Waals surface area contributed by atoms with Crippen molar-refractivity contribution in [1.29, 1.82) is 0 Å². The van der Waals surface area contributed by atoms with Crippen LogP contribution in [0.1, 0.15) is 10.4 Å². The van der Waals surface area contributed by atoms with Crippen LogP contribution in [0.25, 0.3) is 0 Å². The molecule has 0 aliphatic rings. The lowest BCUT2D eigenvalue weighted by Gasteiger charge is -2.05. The zero-order valence-electron chi connectivity index (χ0n) is 6.61. The van der Waals surface area contributed by atoms with Crippen LogP contribution in [0.2, 0.25) is 10.0 Å². The van der Waals surface area contributed by atoms with Gasteiger partial charge in [-0.05, 0) is 28.1 Å². The Morgan fingerprint density at radius 2 is 2.08 bits per heavy atom. The van der Waals surface area contributed by atoms with Gasteiger partial charge in [0.05, 0.1) is 22.7 Å². The molecule has 0 saturated heterocycles. The number of benzene rings is 1. The molecule has 1 rings (SSSR count). The van der Waals surface area contributed by atoms with Gasteiger partial charge >= 0.3 is 5.97 Å². The van der Waals surface area contributed by atoms with Gasteiger partial charge in [0.1, 0.15) is 0 Å². The van der Waals surface area contributed by atoms with Gasteiger partial charge in [0, 0.05) is 4.47 Å². The summed E-state index contributed by atoms with van der Waals surface area (Å²) in [4.78, 5) is 11.2. The molecule has 1 aromatic rings. The maximum Gasteiger partial charge on any atom is 0.340 e. The van der Waals surface area contributed by atoms with E-state index in [0.29, 0.717) is 9.50 Å². The third kappa shape index (κ3) is 2.16. The van der Waals surface area contributed by atoms with Crippen LogP contribution in [0.5, 0.6) is 0 Å². The molecule has 0 amide bonds. The molecular weight excluding hydrogens is 279 g/mol. The molecule has 0 spiro atoms. The minimum Gasteiger partial charge on any atom is -0.465 e. The zero-order valence-corrected chi connectivity index (χ0v) is 9.70. The number of methoxy groups -OCH3 is 1. The number of rotatable bonds is 1. The second kappa shape index (κ2) is 4.31. The molecular formula is C8H5BrCl2O2. The molecule has 0 radical (unpaired) electrons. The predicted molar refractivity (Wildman–Crippen MR) is 55.5 cm³/mol. The van der Waals surface area contributed by atoms with Gasteiger partial charge in [-0.2, -0.15) is 0 Å². The van der Waals surface area contributed by atoms with Gasteiger partial charge in [0.15, 0.2) is 0 Å². The van der Waals surface area contributed by atoms with E-state index in [9.17, 15) is 4.79 Å². The number of carbonyl (C=O) groups excluding carboxylic acids is 1. The molecule has 0 aliphatic heterocycles. The number of esters is 1. The fourth-order valence-corrected chi connectivity index (χ4v) is 1.82. The van der Waals surface area contributed by atoms with Crippen LogP contribution in [0.15, 0.2) is 16.6 Å². The van der Waals surface area contributed by atoms with E-state index in [2.05, 4.69) is 20.7 Å². The van der Waals surface area contributed by atoms with Gasteiger partial charge in [-0.3, -0.25) is 0 Å². The van der Waals surface area contributed by atoms with E-state index in [-0.39, 0.29) is 10.6 Å². The molecule has 0 fully saturated rings. The number of hydrogen-bond donors (Lipinski definition) is 0. The summed E-state index contributed by atoms with van der Waals surface area (Å²) in [5.41, 5.74) is 0.247. The van der Waals surface area contributed by atoms with Crippen molar-refractivity contribution >= 4 is 45.1 Å². The van der Waals surface area contributed by atoms with Gasteiger partial charge in [-0.25, -0.2) is 4.79 Å². The molecule has 0 aliphatic carbocycles. The first-order valence-electron chi connectivity index (χ1n) is 3.29. The van der Waals surface area contributed by atoms with E-state index < -0.39 is 5.97 Å². The molecule has 0 unspecified atom stereocenters. The van der Waals surface area contributed by atoms with Crippen molar-refractivity contribution in [3.8, 4) is 0 Å². The summed E-state index contributed by atoms with van der Waals surface area (Å²) in [5.74, 6) is -0.514. The lowest BCUT2D eigenvalue weighted by molar-refractivity contribution is 0.0600. The number of ether oxygens (including phenoxy) is 1. The second-order valence-electron chi connectivity index (χ2n) is 2.21. The van der Waals surface area contributed by atoms with Gasteiger partial charge in [-0.1, -0.05) is 23.2 Å². The first-order valence-corrected chi connectivity index (χ1v) is 4.84. The quantitative estimate of drug-likeness (QED) is 0.582. The molecule has 0 heterocycles. The Balaban J connectivity index is 3.33. The van der Waals surface area contributed by atoms with Crippen molar-refractivity contribution in [2.45, 2.75) is 0 Å². The standard InChI is InChI=1S/C8H5BrCl2O2/c1-13-8(12)6-4(9)2-3-5(10)7(6)11/h2-3H,1H3. The minimum absolute atomic E-state index is 0.197. The Bertz CT molecular complexity index is 352. The van der Waals surface area contributed by atoms with Crippen LogP contribution in [-0.2, 0) is 4.74 Å². The van der Waals surface area contributed by atoms with Gasteiger partial charge in [0.2, 0.25) is 0 Å². The van der Waals surface area contributed by atoms with Crippen molar-refractivity contribution < 1.29 is 9.53 Å². The Kier molecular flexibility index (Phi) is 3.59. The second-order valence-corrected chi connectivity index (χ2v) is 3.85. The Labute approximate surface area is 93.9 Å². The smallest absolute Gasteiger partial charge is 0.340 e. The van der Waals surface area contributed by atoms with E-state index in [1.54, 1.807) is 12.1 Å². The predicted octanol–water partition coefficient (Wildman–Crippen LogP) is 3.54. The summed E-state index contributed by atoms with van der Waals surface area (Å²) >= 11 is 14.7. The fraction of sp³-hybridized carbons (Fsp3) is 0.125. The summed E-state index contributed by atoms with van der Waals surface area (Å²) in [7, 11) is 1.28. The molecule has 13 heavy (non-hydrogen) atoms. The maximum atomic E-state index is 11.2. The minimum atomic E-state index is -0.514. The lowest BCUT2D eigenvalue weighted by atomic mass is 10.2. The third-order valence-corrected chi connectivity index (χ3v) is 2.90. The first kappa shape index (κ1) is 10.8. The maximum absolute atomic E-state index is 11.2. The van der Waals surface area contributed by atoms with Crippen LogP contribution in [0, 0.1) is 0 Å². The zero-order chi connectivity index (χ0) is 10.0. The summed E-state index contributed by atoms with van der Waals surface area (Å²) in [5, 5.41) is 0.521. The van der Waals surface area contributed by atoms with Crippen molar-refractivity contribution in [2.75, 3.05) is 7.11 Å². The highest BCUT2D eigenvalue weighted by molar-refractivity contribution is 9.10. The van der Waals surface area contributed by atoms with E-state index in [0.717, 1.165) is 0 Å². The Morgan fingerprint density at radius 1 is 1.46 bits per heavy atom. The van der Waals surface area contributed by atoms with Crippen LogP contribution >= 0.6 is 39.1 Å². The Morgan fingerprint density at radius 3 is 2.62 bits per heavy atom. The van der Waals surface area contributed by atoms with E-state index in [4.69, 9.17) is 23.2 Å². The number of hydrogen-bond acceptors (Lipinski definition) is 2. The van der Waals surface area contributed by atoms with Gasteiger partial charge in [0.25, 0.3) is 0 Å². The van der Waals surface area contributed by atoms with E-state index in [1.807, 2.05) is 0 Å². The fourth-order valence-electron chi connectivity index (χ4n) is 0.816. The van der Waals surface area contributed by atoms with Crippen molar-refractivity contribution in [1.82, 2.24) is 0 Å². The largest absolute Gasteiger partial charge is 0.465 e. The summed E-state index contributed by atoms with van der Waals surface area (Å²) < 4.78 is 5.10. The average molecular weight is 284 g/mol. The molecule has 0 aromatic heterocycles. The first-order chi connectivity index (χ1) is 6.07. The molecule has 0 atom stereocenters.